The fourth-order valence-electron chi connectivity index (χ4n) is 1.56. The zero-order chi connectivity index (χ0) is 12.6. The van der Waals surface area contributed by atoms with Gasteiger partial charge in [-0.05, 0) is 34.7 Å². The number of halogens is 1. The van der Waals surface area contributed by atoms with E-state index in [1.807, 2.05) is 40.9 Å². The normalized spacial score (nSPS) is 11.8. The Morgan fingerprint density at radius 2 is 2.06 bits per heavy atom. The highest BCUT2D eigenvalue weighted by Crippen LogP contribution is 2.24. The Morgan fingerprint density at radius 3 is 2.59 bits per heavy atom. The number of rotatable bonds is 1. The van der Waals surface area contributed by atoms with Crippen molar-refractivity contribution in [2.45, 2.75) is 26.2 Å². The second-order valence-corrected chi connectivity index (χ2v) is 5.99. The van der Waals surface area contributed by atoms with Gasteiger partial charge in [-0.15, -0.1) is 0 Å². The summed E-state index contributed by atoms with van der Waals surface area (Å²) in [6.45, 7) is 6.15. The maximum atomic E-state index is 11.9. The number of H-pyrrole nitrogens is 2. The van der Waals surface area contributed by atoms with E-state index in [2.05, 4.69) is 35.7 Å². The van der Waals surface area contributed by atoms with Crippen LogP contribution in [0.5, 0.6) is 0 Å². The van der Waals surface area contributed by atoms with Crippen LogP contribution in [0.3, 0.4) is 0 Å². The summed E-state index contributed by atoms with van der Waals surface area (Å²) in [4.78, 5) is 22.3. The molecule has 0 radical (unpaired) electrons. The Kier molecular flexibility index (Phi) is 3.11. The minimum Gasteiger partial charge on any atom is -0.359 e. The smallest absolute Gasteiger partial charge is 0.264 e. The molecule has 0 aliphatic rings. The number of hydrogen-bond donors (Lipinski definition) is 2. The third kappa shape index (κ3) is 2.43. The number of hydrogen-bond acceptors (Lipinski definition) is 2. The van der Waals surface area contributed by atoms with Crippen LogP contribution in [0.4, 0.5) is 0 Å². The fourth-order valence-corrected chi connectivity index (χ4v) is 2.63. The van der Waals surface area contributed by atoms with E-state index in [-0.39, 0.29) is 11.0 Å². The number of nitrogens with zero attached hydrogens (tertiary/aromatic N) is 1. The summed E-state index contributed by atoms with van der Waals surface area (Å²) in [6, 6.07) is 3.77. The maximum Gasteiger partial charge on any atom is 0.264 e. The van der Waals surface area contributed by atoms with Crippen molar-refractivity contribution in [1.82, 2.24) is 15.0 Å². The van der Waals surface area contributed by atoms with Gasteiger partial charge in [0.2, 0.25) is 0 Å². The molecule has 2 N–H and O–H groups in total. The van der Waals surface area contributed by atoms with E-state index in [0.29, 0.717) is 9.39 Å². The van der Waals surface area contributed by atoms with Gasteiger partial charge >= 0.3 is 0 Å². The molecule has 0 unspecified atom stereocenters. The highest BCUT2D eigenvalue weighted by atomic mass is 127. The minimum atomic E-state index is -0.147. The molecular weight excluding hydrogens is 329 g/mol. The van der Waals surface area contributed by atoms with Gasteiger partial charge in [0.15, 0.2) is 5.82 Å². The molecule has 0 aromatic carbocycles. The van der Waals surface area contributed by atoms with Crippen molar-refractivity contribution >= 4 is 22.6 Å². The van der Waals surface area contributed by atoms with Gasteiger partial charge < -0.3 is 9.97 Å². The van der Waals surface area contributed by atoms with Gasteiger partial charge in [0.1, 0.15) is 3.57 Å². The number of aromatic nitrogens is 3. The number of aromatic amines is 2. The molecule has 5 heteroatoms. The molecule has 4 nitrogen and oxygen atoms in total. The van der Waals surface area contributed by atoms with Gasteiger partial charge in [-0.3, -0.25) is 4.79 Å². The quantitative estimate of drug-likeness (QED) is 0.782. The van der Waals surface area contributed by atoms with Crippen LogP contribution in [0.25, 0.3) is 11.5 Å². The molecule has 0 bridgehead atoms. The average molecular weight is 343 g/mol. The van der Waals surface area contributed by atoms with E-state index in [1.54, 1.807) is 0 Å². The van der Waals surface area contributed by atoms with Gasteiger partial charge in [0, 0.05) is 11.6 Å². The Bertz CT molecular complexity index is 579. The maximum absolute atomic E-state index is 11.9. The van der Waals surface area contributed by atoms with Crippen LogP contribution in [0.2, 0.25) is 0 Å². The molecule has 2 aromatic heterocycles. The lowest BCUT2D eigenvalue weighted by Crippen LogP contribution is -2.24. The van der Waals surface area contributed by atoms with Crippen LogP contribution in [-0.4, -0.2) is 15.0 Å². The molecule has 0 saturated carbocycles. The van der Waals surface area contributed by atoms with Crippen LogP contribution in [0.15, 0.2) is 23.1 Å². The summed E-state index contributed by atoms with van der Waals surface area (Å²) in [6.07, 6.45) is 1.81. The van der Waals surface area contributed by atoms with Crippen LogP contribution < -0.4 is 5.56 Å². The highest BCUT2D eigenvalue weighted by Gasteiger charge is 2.22. The lowest BCUT2D eigenvalue weighted by Gasteiger charge is -2.19. The van der Waals surface area contributed by atoms with E-state index in [9.17, 15) is 4.79 Å². The minimum absolute atomic E-state index is 0.0878. The molecule has 0 atom stereocenters. The molecule has 0 fully saturated rings. The first kappa shape index (κ1) is 12.3. The van der Waals surface area contributed by atoms with Gasteiger partial charge in [-0.1, -0.05) is 20.8 Å². The monoisotopic (exact) mass is 343 g/mol. The molecule has 0 spiro atoms. The molecule has 0 aliphatic heterocycles. The van der Waals surface area contributed by atoms with Crippen molar-refractivity contribution in [3.8, 4) is 11.5 Å². The second kappa shape index (κ2) is 4.29. The highest BCUT2D eigenvalue weighted by molar-refractivity contribution is 14.1. The van der Waals surface area contributed by atoms with Crippen molar-refractivity contribution in [3.05, 3.63) is 37.9 Å². The van der Waals surface area contributed by atoms with Crippen molar-refractivity contribution < 1.29 is 0 Å². The molecule has 0 amide bonds. The zero-order valence-electron chi connectivity index (χ0n) is 9.97. The third-order valence-corrected chi connectivity index (χ3v) is 3.43. The molecule has 17 heavy (non-hydrogen) atoms. The Hall–Kier alpha value is -1.11. The topological polar surface area (TPSA) is 61.5 Å². The average Bonchev–Trinajstić information content (AvgIpc) is 2.73. The lowest BCUT2D eigenvalue weighted by atomic mass is 9.92. The predicted molar refractivity (Wildman–Crippen MR) is 76.1 cm³/mol. The van der Waals surface area contributed by atoms with E-state index in [1.165, 1.54) is 0 Å². The molecule has 2 heterocycles. The van der Waals surface area contributed by atoms with Crippen molar-refractivity contribution in [2.75, 3.05) is 0 Å². The SMILES string of the molecule is CC(C)(C)c1nc(-c2ccc[nH]2)[nH]c(=O)c1I. The van der Waals surface area contributed by atoms with Gasteiger partial charge in [-0.2, -0.15) is 0 Å². The van der Waals surface area contributed by atoms with Crippen molar-refractivity contribution in [2.24, 2.45) is 0 Å². The third-order valence-electron chi connectivity index (χ3n) is 2.43. The second-order valence-electron chi connectivity index (χ2n) is 4.91. The van der Waals surface area contributed by atoms with E-state index in [0.717, 1.165) is 11.4 Å². The zero-order valence-corrected chi connectivity index (χ0v) is 12.1. The van der Waals surface area contributed by atoms with Gasteiger partial charge in [-0.25, -0.2) is 4.98 Å². The fraction of sp³-hybridized carbons (Fsp3) is 0.333. The molecule has 2 rings (SSSR count). The summed E-state index contributed by atoms with van der Waals surface area (Å²) in [5, 5.41) is 0. The summed E-state index contributed by atoms with van der Waals surface area (Å²) in [5.41, 5.74) is 1.41. The Labute approximate surface area is 113 Å². The first-order valence-electron chi connectivity index (χ1n) is 5.33. The predicted octanol–water partition coefficient (Wildman–Crippen LogP) is 2.67. The lowest BCUT2D eigenvalue weighted by molar-refractivity contribution is 0.562. The molecule has 0 aliphatic carbocycles. The molecule has 90 valence electrons. The Morgan fingerprint density at radius 1 is 1.35 bits per heavy atom. The van der Waals surface area contributed by atoms with Crippen LogP contribution in [0.1, 0.15) is 26.5 Å². The standard InChI is InChI=1S/C12H14IN3O/c1-12(2,3)9-8(13)11(17)16-10(15-9)7-5-4-6-14-7/h4-6,14H,1-3H3,(H,15,16,17). The van der Waals surface area contributed by atoms with Crippen LogP contribution in [0, 0.1) is 3.57 Å². The van der Waals surface area contributed by atoms with Gasteiger partial charge in [0.25, 0.3) is 5.56 Å². The van der Waals surface area contributed by atoms with E-state index < -0.39 is 0 Å². The van der Waals surface area contributed by atoms with Crippen LogP contribution in [-0.2, 0) is 5.41 Å². The molecule has 2 aromatic rings. The summed E-state index contributed by atoms with van der Waals surface area (Å²) in [5.74, 6) is 0.588. The molecule has 0 saturated heterocycles. The first-order valence-corrected chi connectivity index (χ1v) is 6.41. The largest absolute Gasteiger partial charge is 0.359 e. The van der Waals surface area contributed by atoms with Gasteiger partial charge in [0.05, 0.1) is 11.4 Å². The summed E-state index contributed by atoms with van der Waals surface area (Å²) < 4.78 is 0.658. The van der Waals surface area contributed by atoms with E-state index >= 15 is 0 Å². The number of nitrogens with one attached hydrogen (secondary N) is 2. The van der Waals surface area contributed by atoms with Crippen molar-refractivity contribution in [3.63, 3.8) is 0 Å². The Balaban J connectivity index is 2.67. The van der Waals surface area contributed by atoms with Crippen molar-refractivity contribution in [1.29, 1.82) is 0 Å². The van der Waals surface area contributed by atoms with E-state index in [4.69, 9.17) is 0 Å². The molecular formula is C12H14IN3O. The summed E-state index contributed by atoms with van der Waals surface area (Å²) in [7, 11) is 0. The first-order chi connectivity index (χ1) is 7.89. The summed E-state index contributed by atoms with van der Waals surface area (Å²) >= 11 is 2.05. The van der Waals surface area contributed by atoms with Crippen LogP contribution >= 0.6 is 22.6 Å².